The smallest absolute Gasteiger partial charge is 0.204 e. The minimum Gasteiger partial charge on any atom is -0.491 e. The van der Waals surface area contributed by atoms with Gasteiger partial charge in [0.05, 0.1) is 19.3 Å². The lowest BCUT2D eigenvalue weighted by Gasteiger charge is -2.38. The van der Waals surface area contributed by atoms with Gasteiger partial charge in [-0.3, -0.25) is 0 Å². The van der Waals surface area contributed by atoms with Crippen molar-refractivity contribution in [1.82, 2.24) is 0 Å². The molecule has 0 amide bonds. The Morgan fingerprint density at radius 1 is 0.824 bits per heavy atom. The zero-order valence-electron chi connectivity index (χ0n) is 20.5. The molecular formula is C29H38F2O3. The second-order valence-electron chi connectivity index (χ2n) is 9.87. The highest BCUT2D eigenvalue weighted by molar-refractivity contribution is 5.35. The maximum atomic E-state index is 14.2. The molecular weight excluding hydrogens is 434 g/mol. The molecule has 2 aliphatic rings. The van der Waals surface area contributed by atoms with Crippen LogP contribution in [-0.2, 0) is 11.3 Å². The third-order valence-corrected chi connectivity index (χ3v) is 7.58. The SMILES string of the molecule is CCCC1CCC(C2CCC(c3ccc(COc4ccc(OCC)c(F)c4F)cc3)CO2)CC1. The Hall–Kier alpha value is -2.14. The quantitative estimate of drug-likeness (QED) is 0.372. The summed E-state index contributed by atoms with van der Waals surface area (Å²) < 4.78 is 45.2. The molecule has 2 aromatic rings. The molecule has 2 atom stereocenters. The van der Waals surface area contributed by atoms with Crippen LogP contribution in [0.3, 0.4) is 0 Å². The van der Waals surface area contributed by atoms with Gasteiger partial charge in [0, 0.05) is 5.92 Å². The molecule has 0 aromatic heterocycles. The lowest BCUT2D eigenvalue weighted by atomic mass is 9.75. The number of hydrogen-bond acceptors (Lipinski definition) is 3. The molecule has 1 saturated heterocycles. The predicted molar refractivity (Wildman–Crippen MR) is 130 cm³/mol. The summed E-state index contributed by atoms with van der Waals surface area (Å²) in [5.41, 5.74) is 2.18. The van der Waals surface area contributed by atoms with E-state index in [1.165, 1.54) is 56.2 Å². The molecule has 1 heterocycles. The molecule has 2 fully saturated rings. The van der Waals surface area contributed by atoms with Crippen LogP contribution in [0.4, 0.5) is 8.78 Å². The Kier molecular flexibility index (Phi) is 8.82. The Bertz CT molecular complexity index is 898. The molecule has 3 nitrogen and oxygen atoms in total. The van der Waals surface area contributed by atoms with E-state index in [-0.39, 0.29) is 24.7 Å². The summed E-state index contributed by atoms with van der Waals surface area (Å²) in [6, 6.07) is 11.0. The van der Waals surface area contributed by atoms with E-state index >= 15 is 0 Å². The topological polar surface area (TPSA) is 27.7 Å². The molecule has 186 valence electrons. The van der Waals surface area contributed by atoms with Gasteiger partial charge in [0.25, 0.3) is 0 Å². The molecule has 2 unspecified atom stereocenters. The summed E-state index contributed by atoms with van der Waals surface area (Å²) in [6.45, 7) is 5.25. The first kappa shape index (κ1) is 25.0. The molecule has 34 heavy (non-hydrogen) atoms. The van der Waals surface area contributed by atoms with Crippen molar-refractivity contribution in [2.45, 2.75) is 83.8 Å². The number of hydrogen-bond donors (Lipinski definition) is 0. The standard InChI is InChI=1S/C29H38F2O3/c1-3-5-20-6-12-23(13-7-20)25-15-14-24(19-34-25)22-10-8-21(9-11-22)18-33-27-17-16-26(32-4-2)28(30)29(27)31/h8-11,16-17,20,23-25H,3-7,12-15,18-19H2,1-2H3. The lowest BCUT2D eigenvalue weighted by molar-refractivity contribution is -0.0435. The molecule has 1 aliphatic heterocycles. The second-order valence-corrected chi connectivity index (χ2v) is 9.87. The van der Waals surface area contributed by atoms with Crippen LogP contribution in [0.5, 0.6) is 11.5 Å². The number of rotatable bonds is 9. The summed E-state index contributed by atoms with van der Waals surface area (Å²) in [6.07, 6.45) is 10.8. The monoisotopic (exact) mass is 472 g/mol. The zero-order valence-corrected chi connectivity index (χ0v) is 20.5. The minimum atomic E-state index is -1.02. The predicted octanol–water partition coefficient (Wildman–Crippen LogP) is 7.81. The fourth-order valence-corrected chi connectivity index (χ4v) is 5.60. The van der Waals surface area contributed by atoms with E-state index in [4.69, 9.17) is 14.2 Å². The first-order valence-corrected chi connectivity index (χ1v) is 13.0. The van der Waals surface area contributed by atoms with Gasteiger partial charge in [-0.1, -0.05) is 56.9 Å². The van der Waals surface area contributed by atoms with Crippen molar-refractivity contribution in [3.05, 3.63) is 59.2 Å². The molecule has 0 spiro atoms. The van der Waals surface area contributed by atoms with Gasteiger partial charge in [-0.15, -0.1) is 0 Å². The Labute approximate surface area is 202 Å². The average Bonchev–Trinajstić information content (AvgIpc) is 2.88. The van der Waals surface area contributed by atoms with E-state index in [0.717, 1.165) is 36.8 Å². The molecule has 1 saturated carbocycles. The number of halogens is 2. The zero-order chi connectivity index (χ0) is 23.9. The van der Waals surface area contributed by atoms with E-state index in [1.54, 1.807) is 6.92 Å². The van der Waals surface area contributed by atoms with Crippen LogP contribution in [0, 0.1) is 23.5 Å². The summed E-state index contributed by atoms with van der Waals surface area (Å²) in [7, 11) is 0. The fourth-order valence-electron chi connectivity index (χ4n) is 5.60. The van der Waals surface area contributed by atoms with E-state index in [1.807, 2.05) is 12.1 Å². The van der Waals surface area contributed by atoms with E-state index < -0.39 is 11.6 Å². The maximum Gasteiger partial charge on any atom is 0.204 e. The van der Waals surface area contributed by atoms with Gasteiger partial charge in [0.1, 0.15) is 6.61 Å². The van der Waals surface area contributed by atoms with Crippen molar-refractivity contribution < 1.29 is 23.0 Å². The van der Waals surface area contributed by atoms with Gasteiger partial charge in [-0.25, -0.2) is 0 Å². The minimum absolute atomic E-state index is 0.0992. The van der Waals surface area contributed by atoms with Crippen molar-refractivity contribution >= 4 is 0 Å². The maximum absolute atomic E-state index is 14.2. The third kappa shape index (κ3) is 6.10. The highest BCUT2D eigenvalue weighted by atomic mass is 19.2. The molecule has 1 aliphatic carbocycles. The van der Waals surface area contributed by atoms with Gasteiger partial charge < -0.3 is 14.2 Å². The molecule has 0 bridgehead atoms. The van der Waals surface area contributed by atoms with E-state index in [0.29, 0.717) is 12.0 Å². The van der Waals surface area contributed by atoms with E-state index in [9.17, 15) is 8.78 Å². The van der Waals surface area contributed by atoms with Crippen LogP contribution in [0.2, 0.25) is 0 Å². The van der Waals surface area contributed by atoms with Crippen molar-refractivity contribution in [2.24, 2.45) is 11.8 Å². The van der Waals surface area contributed by atoms with Gasteiger partial charge >= 0.3 is 0 Å². The molecule has 5 heteroatoms. The fraction of sp³-hybridized carbons (Fsp3) is 0.586. The first-order valence-electron chi connectivity index (χ1n) is 13.0. The summed E-state index contributed by atoms with van der Waals surface area (Å²) >= 11 is 0. The molecule has 0 N–H and O–H groups in total. The highest BCUT2D eigenvalue weighted by Crippen LogP contribution is 2.39. The Balaban J connectivity index is 1.25. The second kappa shape index (κ2) is 12.0. The van der Waals surface area contributed by atoms with Crippen LogP contribution in [0.25, 0.3) is 0 Å². The van der Waals surface area contributed by atoms with Crippen molar-refractivity contribution in [2.75, 3.05) is 13.2 Å². The third-order valence-electron chi connectivity index (χ3n) is 7.58. The normalized spacial score (nSPS) is 25.2. The van der Waals surface area contributed by atoms with Crippen LogP contribution < -0.4 is 9.47 Å². The first-order chi connectivity index (χ1) is 16.6. The molecule has 0 radical (unpaired) electrons. The summed E-state index contributed by atoms with van der Waals surface area (Å²) in [5, 5.41) is 0. The van der Waals surface area contributed by atoms with Crippen molar-refractivity contribution in [3.8, 4) is 11.5 Å². The summed E-state index contributed by atoms with van der Waals surface area (Å²) in [4.78, 5) is 0. The lowest BCUT2D eigenvalue weighted by Crippen LogP contribution is -2.33. The molecule has 2 aromatic carbocycles. The van der Waals surface area contributed by atoms with Crippen LogP contribution in [0.1, 0.15) is 82.3 Å². The van der Waals surface area contributed by atoms with Crippen molar-refractivity contribution in [1.29, 1.82) is 0 Å². The van der Waals surface area contributed by atoms with Gasteiger partial charge in [-0.05, 0) is 67.7 Å². The van der Waals surface area contributed by atoms with Gasteiger partial charge in [-0.2, -0.15) is 8.78 Å². The number of ether oxygens (including phenoxy) is 3. The highest BCUT2D eigenvalue weighted by Gasteiger charge is 2.31. The average molecular weight is 473 g/mol. The Morgan fingerprint density at radius 3 is 2.09 bits per heavy atom. The van der Waals surface area contributed by atoms with E-state index in [2.05, 4.69) is 19.1 Å². The number of benzene rings is 2. The molecule has 4 rings (SSSR count). The van der Waals surface area contributed by atoms with Crippen LogP contribution in [0.15, 0.2) is 36.4 Å². The summed E-state index contributed by atoms with van der Waals surface area (Å²) in [5.74, 6) is -0.153. The van der Waals surface area contributed by atoms with Gasteiger partial charge in [0.2, 0.25) is 11.6 Å². The largest absolute Gasteiger partial charge is 0.491 e. The van der Waals surface area contributed by atoms with Crippen molar-refractivity contribution in [3.63, 3.8) is 0 Å². The van der Waals surface area contributed by atoms with Crippen LogP contribution >= 0.6 is 0 Å². The van der Waals surface area contributed by atoms with Gasteiger partial charge in [0.15, 0.2) is 11.5 Å². The van der Waals surface area contributed by atoms with Crippen LogP contribution in [-0.4, -0.2) is 19.3 Å². The Morgan fingerprint density at radius 2 is 1.50 bits per heavy atom.